The minimum Gasteiger partial charge on any atom is -0.511 e. The number of rotatable bonds is 10. The molecule has 0 aromatic rings. The molecule has 26 heavy (non-hydrogen) atoms. The molecule has 0 aromatic carbocycles. The number of aliphatic hydroxyl groups is 2. The van der Waals surface area contributed by atoms with Crippen LogP contribution in [-0.4, -0.2) is 21.3 Å². The van der Waals surface area contributed by atoms with Crippen molar-refractivity contribution in [2.45, 2.75) is 65.2 Å². The van der Waals surface area contributed by atoms with Crippen LogP contribution in [0.25, 0.3) is 0 Å². The van der Waals surface area contributed by atoms with Crippen molar-refractivity contribution in [3.63, 3.8) is 0 Å². The predicted octanol–water partition coefficient (Wildman–Crippen LogP) is 6.15. The topological polar surface area (TPSA) is 77.8 Å². The fraction of sp³-hybridized carbons (Fsp3) is 0.500. The third-order valence-corrected chi connectivity index (χ3v) is 4.76. The highest BCUT2D eigenvalue weighted by atomic mass is 16.4. The van der Waals surface area contributed by atoms with Crippen LogP contribution in [0.5, 0.6) is 0 Å². The first-order chi connectivity index (χ1) is 12.3. The number of aliphatic carboxylic acids is 1. The van der Waals surface area contributed by atoms with E-state index >= 15 is 0 Å². The number of allylic oxidation sites excluding steroid dienone is 4. The van der Waals surface area contributed by atoms with Crippen LogP contribution in [0.15, 0.2) is 59.1 Å². The van der Waals surface area contributed by atoms with Gasteiger partial charge in [0.1, 0.15) is 17.1 Å². The molecule has 0 fully saturated rings. The third kappa shape index (κ3) is 6.95. The first kappa shape index (κ1) is 21.8. The van der Waals surface area contributed by atoms with E-state index in [2.05, 4.69) is 26.2 Å². The van der Waals surface area contributed by atoms with E-state index in [1.807, 2.05) is 6.92 Å². The predicted molar refractivity (Wildman–Crippen MR) is 106 cm³/mol. The minimum absolute atomic E-state index is 0.116. The Morgan fingerprint density at radius 1 is 1.27 bits per heavy atom. The summed E-state index contributed by atoms with van der Waals surface area (Å²) in [5.74, 6) is -1.16. The molecule has 3 N–H and O–H groups in total. The molecule has 0 amide bonds. The quantitative estimate of drug-likeness (QED) is 0.143. The summed E-state index contributed by atoms with van der Waals surface area (Å²) < 4.78 is 0. The molecule has 4 heteroatoms. The van der Waals surface area contributed by atoms with Crippen molar-refractivity contribution in [1.29, 1.82) is 0 Å². The van der Waals surface area contributed by atoms with Crippen molar-refractivity contribution in [1.82, 2.24) is 0 Å². The normalized spacial score (nSPS) is 18.8. The summed E-state index contributed by atoms with van der Waals surface area (Å²) in [4.78, 5) is 11.8. The van der Waals surface area contributed by atoms with Gasteiger partial charge in [-0.05, 0) is 56.6 Å². The number of hydrogen-bond donors (Lipinski definition) is 3. The van der Waals surface area contributed by atoms with Crippen LogP contribution < -0.4 is 0 Å². The van der Waals surface area contributed by atoms with E-state index in [9.17, 15) is 20.1 Å². The number of aliphatic hydroxyl groups excluding tert-OH is 2. The van der Waals surface area contributed by atoms with E-state index in [0.29, 0.717) is 17.9 Å². The minimum atomic E-state index is -1.18. The lowest BCUT2D eigenvalue weighted by Gasteiger charge is -2.23. The second-order valence-electron chi connectivity index (χ2n) is 7.11. The van der Waals surface area contributed by atoms with Crippen molar-refractivity contribution in [3.05, 3.63) is 59.1 Å². The zero-order valence-electron chi connectivity index (χ0n) is 16.1. The molecule has 0 heterocycles. The smallest absolute Gasteiger partial charge is 0.339 e. The highest BCUT2D eigenvalue weighted by Crippen LogP contribution is 2.33. The first-order valence-corrected chi connectivity index (χ1v) is 9.33. The first-order valence-electron chi connectivity index (χ1n) is 9.33. The van der Waals surface area contributed by atoms with Gasteiger partial charge < -0.3 is 15.3 Å². The molecule has 1 aliphatic carbocycles. The van der Waals surface area contributed by atoms with Crippen molar-refractivity contribution in [2.24, 2.45) is 5.92 Å². The van der Waals surface area contributed by atoms with E-state index in [4.69, 9.17) is 0 Å². The summed E-state index contributed by atoms with van der Waals surface area (Å²) in [6.45, 7) is 11.5. The van der Waals surface area contributed by atoms with Gasteiger partial charge in [0.15, 0.2) is 0 Å². The highest BCUT2D eigenvalue weighted by Gasteiger charge is 2.22. The Morgan fingerprint density at radius 3 is 2.50 bits per heavy atom. The van der Waals surface area contributed by atoms with Crippen molar-refractivity contribution in [3.8, 4) is 0 Å². The summed E-state index contributed by atoms with van der Waals surface area (Å²) in [5.41, 5.74) is 2.46. The lowest BCUT2D eigenvalue weighted by Crippen LogP contribution is -2.12. The van der Waals surface area contributed by atoms with Gasteiger partial charge in [-0.3, -0.25) is 0 Å². The van der Waals surface area contributed by atoms with Crippen LogP contribution in [-0.2, 0) is 4.79 Å². The standard InChI is InChI=1S/C22H32O4/c1-5-6-7-10-19(12-16(4)23)21(22(25)26)20(24)14-17-9-8-11-18(13-17)15(2)3/h9,12,18,23-24H,2,4-8,10-11,13-14H2,1,3H3,(H,25,26)/b19-12-,21-20-/t18-/m1/s1. The fourth-order valence-electron chi connectivity index (χ4n) is 3.34. The van der Waals surface area contributed by atoms with Gasteiger partial charge in [-0.15, -0.1) is 0 Å². The number of carboxylic acid groups (broad SMARTS) is 1. The average Bonchev–Trinajstić information content (AvgIpc) is 2.54. The zero-order valence-corrected chi connectivity index (χ0v) is 16.1. The monoisotopic (exact) mass is 360 g/mol. The molecule has 0 saturated heterocycles. The number of hydrogen-bond acceptors (Lipinski definition) is 3. The van der Waals surface area contributed by atoms with Crippen LogP contribution in [0.1, 0.15) is 65.2 Å². The molecule has 0 saturated carbocycles. The van der Waals surface area contributed by atoms with E-state index in [1.165, 1.54) is 6.08 Å². The maximum atomic E-state index is 11.8. The van der Waals surface area contributed by atoms with Gasteiger partial charge in [0.05, 0.1) is 0 Å². The Labute approximate surface area is 156 Å². The molecule has 0 spiro atoms. The van der Waals surface area contributed by atoms with Crippen LogP contribution in [0, 0.1) is 5.92 Å². The van der Waals surface area contributed by atoms with Crippen molar-refractivity contribution >= 4 is 5.97 Å². The molecular weight excluding hydrogens is 328 g/mol. The fourth-order valence-corrected chi connectivity index (χ4v) is 3.34. The lowest BCUT2D eigenvalue weighted by atomic mass is 9.83. The molecule has 0 radical (unpaired) electrons. The van der Waals surface area contributed by atoms with E-state index in [0.717, 1.165) is 49.7 Å². The van der Waals surface area contributed by atoms with Crippen molar-refractivity contribution < 1.29 is 20.1 Å². The molecule has 0 aliphatic heterocycles. The van der Waals surface area contributed by atoms with Gasteiger partial charge in [0, 0.05) is 6.42 Å². The second kappa shape index (κ2) is 10.7. The summed E-state index contributed by atoms with van der Waals surface area (Å²) in [6.07, 6.45) is 9.63. The molecule has 4 nitrogen and oxygen atoms in total. The van der Waals surface area contributed by atoms with Gasteiger partial charge >= 0.3 is 5.97 Å². The number of carbonyl (C=O) groups is 1. The summed E-state index contributed by atoms with van der Waals surface area (Å²) >= 11 is 0. The number of carboxylic acids is 1. The van der Waals surface area contributed by atoms with Crippen LogP contribution in [0.3, 0.4) is 0 Å². The Kier molecular flexibility index (Phi) is 8.97. The van der Waals surface area contributed by atoms with Gasteiger partial charge in [-0.2, -0.15) is 0 Å². The highest BCUT2D eigenvalue weighted by molar-refractivity contribution is 5.92. The second-order valence-corrected chi connectivity index (χ2v) is 7.11. The third-order valence-electron chi connectivity index (χ3n) is 4.76. The van der Waals surface area contributed by atoms with Crippen LogP contribution >= 0.6 is 0 Å². The van der Waals surface area contributed by atoms with Crippen LogP contribution in [0.4, 0.5) is 0 Å². The van der Waals surface area contributed by atoms with Crippen molar-refractivity contribution in [2.75, 3.05) is 0 Å². The maximum absolute atomic E-state index is 11.8. The molecule has 1 atom stereocenters. The molecule has 144 valence electrons. The van der Waals surface area contributed by atoms with Gasteiger partial charge in [0.25, 0.3) is 0 Å². The average molecular weight is 360 g/mol. The largest absolute Gasteiger partial charge is 0.511 e. The summed E-state index contributed by atoms with van der Waals surface area (Å²) in [7, 11) is 0. The van der Waals surface area contributed by atoms with Gasteiger partial charge in [0.2, 0.25) is 0 Å². The number of unbranched alkanes of at least 4 members (excludes halogenated alkanes) is 2. The summed E-state index contributed by atoms with van der Waals surface area (Å²) in [5, 5.41) is 29.7. The molecule has 0 aromatic heterocycles. The van der Waals surface area contributed by atoms with Crippen LogP contribution in [0.2, 0.25) is 0 Å². The van der Waals surface area contributed by atoms with E-state index in [1.54, 1.807) is 0 Å². The maximum Gasteiger partial charge on any atom is 0.339 e. The Hall–Kier alpha value is -2.23. The molecular formula is C22H32O4. The Bertz CT molecular complexity index is 635. The lowest BCUT2D eigenvalue weighted by molar-refractivity contribution is -0.132. The summed E-state index contributed by atoms with van der Waals surface area (Å²) in [6, 6.07) is 0. The Morgan fingerprint density at radius 2 is 1.96 bits per heavy atom. The Balaban J connectivity index is 3.09. The molecule has 0 bridgehead atoms. The zero-order chi connectivity index (χ0) is 19.7. The van der Waals surface area contributed by atoms with E-state index in [-0.39, 0.29) is 23.5 Å². The molecule has 0 unspecified atom stereocenters. The van der Waals surface area contributed by atoms with Gasteiger partial charge in [-0.25, -0.2) is 4.79 Å². The SMILES string of the molecule is C=C(O)/C=C(CCCCC)\C(C(=O)O)=C(\O)CC1=CCC[C@@H](C(=C)C)C1. The van der Waals surface area contributed by atoms with Gasteiger partial charge in [-0.1, -0.05) is 50.1 Å². The molecule has 1 aliphatic rings. The van der Waals surface area contributed by atoms with E-state index < -0.39 is 5.97 Å². The molecule has 1 rings (SSSR count).